The second-order valence-corrected chi connectivity index (χ2v) is 23.8. The third kappa shape index (κ3) is 5.27. The van der Waals surface area contributed by atoms with E-state index in [2.05, 4.69) is 33.8 Å². The Balaban J connectivity index is 2.20. The molecule has 1 saturated carbocycles. The molecule has 0 aromatic heterocycles. The molecule has 0 amide bonds. The third-order valence-corrected chi connectivity index (χ3v) is 25.4. The van der Waals surface area contributed by atoms with Crippen LogP contribution in [0.4, 0.5) is 0 Å². The molecule has 2 aliphatic carbocycles. The molecule has 0 saturated heterocycles. The fourth-order valence-corrected chi connectivity index (χ4v) is 24.9. The SMILES string of the molecule is CCC[CH2][Sn]([CH2]CCC)([CH2]CCC)[C@@H]1C[C@H](O)C2(CC=C(C)CC2)C1. The van der Waals surface area contributed by atoms with Crippen LogP contribution in [0.1, 0.15) is 98.3 Å². The Kier molecular flexibility index (Phi) is 8.85. The van der Waals surface area contributed by atoms with Gasteiger partial charge >= 0.3 is 162 Å². The second-order valence-electron chi connectivity index (χ2n) is 9.44. The molecule has 0 aromatic rings. The van der Waals surface area contributed by atoms with Gasteiger partial charge in [0.1, 0.15) is 0 Å². The van der Waals surface area contributed by atoms with Gasteiger partial charge in [-0.3, -0.25) is 0 Å². The van der Waals surface area contributed by atoms with Crippen molar-refractivity contribution < 1.29 is 5.11 Å². The molecule has 2 aliphatic rings. The normalized spacial score (nSPS) is 30.0. The van der Waals surface area contributed by atoms with Crippen LogP contribution in [0.5, 0.6) is 0 Å². The minimum absolute atomic E-state index is 0.0113. The molecular weight excluding hydrogens is 411 g/mol. The Morgan fingerprint density at radius 1 is 1.04 bits per heavy atom. The number of aliphatic hydroxyl groups excluding tert-OH is 1. The number of aliphatic hydroxyl groups is 1. The van der Waals surface area contributed by atoms with Crippen molar-refractivity contribution in [1.29, 1.82) is 0 Å². The quantitative estimate of drug-likeness (QED) is 0.268. The average molecular weight is 455 g/mol. The molecule has 2 rings (SSSR count). The van der Waals surface area contributed by atoms with E-state index in [0.29, 0.717) is 0 Å². The summed E-state index contributed by atoms with van der Waals surface area (Å²) in [6, 6.07) is 0. The predicted molar refractivity (Wildman–Crippen MR) is 114 cm³/mol. The van der Waals surface area contributed by atoms with Crippen LogP contribution in [0.15, 0.2) is 11.6 Å². The molecule has 0 heterocycles. The van der Waals surface area contributed by atoms with Crippen LogP contribution in [-0.2, 0) is 0 Å². The summed E-state index contributed by atoms with van der Waals surface area (Å²) in [6.07, 6.45) is 17.1. The standard InChI is InChI=1S/C11H17O.3C4H9.Sn/c1-9-4-7-11(8-5-9)6-2-3-10(11)12;3*1-3-4-2;/h2,4,10,12H,3,5-8H2,1H3;3*1,3-4H2,2H3;/t10-,11?;;;;/m0..../s1. The first-order valence-corrected chi connectivity index (χ1v) is 19.1. The van der Waals surface area contributed by atoms with Crippen molar-refractivity contribution in [2.45, 2.75) is 122 Å². The first-order chi connectivity index (χ1) is 12.0. The fraction of sp³-hybridized carbons (Fsp3) is 0.913. The zero-order valence-electron chi connectivity index (χ0n) is 17.6. The average Bonchev–Trinajstić information content (AvgIpc) is 2.94. The summed E-state index contributed by atoms with van der Waals surface area (Å²) in [7, 11) is 0. The van der Waals surface area contributed by atoms with Gasteiger partial charge < -0.3 is 0 Å². The second kappa shape index (κ2) is 10.2. The molecule has 0 aromatic carbocycles. The summed E-state index contributed by atoms with van der Waals surface area (Å²) >= 11 is -2.19. The molecule has 0 radical (unpaired) electrons. The van der Waals surface area contributed by atoms with Crippen LogP contribution in [-0.4, -0.2) is 29.6 Å². The van der Waals surface area contributed by atoms with Crippen LogP contribution >= 0.6 is 0 Å². The third-order valence-electron chi connectivity index (χ3n) is 7.69. The topological polar surface area (TPSA) is 20.2 Å². The first kappa shape index (κ1) is 21.8. The number of rotatable bonds is 10. The molecule has 3 atom stereocenters. The number of unbranched alkanes of at least 4 members (excludes halogenated alkanes) is 3. The fourth-order valence-electron chi connectivity index (χ4n) is 5.79. The van der Waals surface area contributed by atoms with E-state index in [0.717, 1.165) is 10.4 Å². The van der Waals surface area contributed by atoms with Gasteiger partial charge in [-0.05, 0) is 0 Å². The van der Waals surface area contributed by atoms with Gasteiger partial charge in [0.25, 0.3) is 0 Å². The van der Waals surface area contributed by atoms with Crippen molar-refractivity contribution in [3.63, 3.8) is 0 Å². The summed E-state index contributed by atoms with van der Waals surface area (Å²) in [5.41, 5.74) is 1.82. The molecule has 1 fully saturated rings. The van der Waals surface area contributed by atoms with E-state index in [1.165, 1.54) is 64.2 Å². The van der Waals surface area contributed by atoms with E-state index in [1.807, 2.05) is 0 Å². The molecule has 1 unspecified atom stereocenters. The van der Waals surface area contributed by atoms with Crippen LogP contribution < -0.4 is 0 Å². The van der Waals surface area contributed by atoms with E-state index < -0.39 is 18.4 Å². The molecular formula is C23H44OSn. The Bertz CT molecular complexity index is 408. The number of hydrogen-bond acceptors (Lipinski definition) is 1. The van der Waals surface area contributed by atoms with Crippen molar-refractivity contribution in [3.8, 4) is 0 Å². The molecule has 0 bridgehead atoms. The molecule has 1 N–H and O–H groups in total. The van der Waals surface area contributed by atoms with Crippen LogP contribution in [0.2, 0.25) is 17.2 Å². The van der Waals surface area contributed by atoms with Gasteiger partial charge in [0.2, 0.25) is 0 Å². The van der Waals surface area contributed by atoms with Crippen molar-refractivity contribution in [3.05, 3.63) is 11.6 Å². The molecule has 0 aliphatic heterocycles. The van der Waals surface area contributed by atoms with Crippen molar-refractivity contribution >= 4 is 18.4 Å². The molecule has 1 spiro atoms. The van der Waals surface area contributed by atoms with Gasteiger partial charge in [0.05, 0.1) is 0 Å². The Labute approximate surface area is 161 Å². The zero-order valence-corrected chi connectivity index (χ0v) is 20.4. The van der Waals surface area contributed by atoms with Crippen LogP contribution in [0, 0.1) is 5.41 Å². The molecule has 1 nitrogen and oxygen atoms in total. The number of allylic oxidation sites excluding steroid dienone is 2. The van der Waals surface area contributed by atoms with Gasteiger partial charge in [0.15, 0.2) is 0 Å². The van der Waals surface area contributed by atoms with Crippen molar-refractivity contribution in [1.82, 2.24) is 0 Å². The maximum atomic E-state index is 11.1. The summed E-state index contributed by atoms with van der Waals surface area (Å²) < 4.78 is 5.77. The Morgan fingerprint density at radius 2 is 1.60 bits per heavy atom. The van der Waals surface area contributed by atoms with Gasteiger partial charge in [-0.2, -0.15) is 0 Å². The first-order valence-electron chi connectivity index (χ1n) is 11.4. The Hall–Kier alpha value is 0.499. The van der Waals surface area contributed by atoms with Gasteiger partial charge in [-0.25, -0.2) is 0 Å². The summed E-state index contributed by atoms with van der Waals surface area (Å²) in [5.74, 6) is 0. The van der Waals surface area contributed by atoms with E-state index in [9.17, 15) is 5.11 Å². The monoisotopic (exact) mass is 456 g/mol. The summed E-state index contributed by atoms with van der Waals surface area (Å²) in [4.78, 5) is 0. The molecule has 25 heavy (non-hydrogen) atoms. The molecule has 2 heteroatoms. The van der Waals surface area contributed by atoms with Gasteiger partial charge in [-0.15, -0.1) is 0 Å². The van der Waals surface area contributed by atoms with Crippen molar-refractivity contribution in [2.24, 2.45) is 5.41 Å². The Morgan fingerprint density at radius 3 is 2.04 bits per heavy atom. The van der Waals surface area contributed by atoms with Gasteiger partial charge in [0, 0.05) is 0 Å². The van der Waals surface area contributed by atoms with E-state index in [1.54, 1.807) is 18.9 Å². The van der Waals surface area contributed by atoms with Crippen molar-refractivity contribution in [2.75, 3.05) is 0 Å². The van der Waals surface area contributed by atoms with E-state index in [-0.39, 0.29) is 11.5 Å². The number of hydrogen-bond donors (Lipinski definition) is 1. The predicted octanol–water partition coefficient (Wildman–Crippen LogP) is 7.48. The maximum absolute atomic E-state index is 11.1. The van der Waals surface area contributed by atoms with E-state index in [4.69, 9.17) is 0 Å². The van der Waals surface area contributed by atoms with Crippen LogP contribution in [0.3, 0.4) is 0 Å². The molecule has 146 valence electrons. The van der Waals surface area contributed by atoms with Crippen LogP contribution in [0.25, 0.3) is 0 Å². The minimum atomic E-state index is -2.19. The van der Waals surface area contributed by atoms with Gasteiger partial charge in [-0.1, -0.05) is 0 Å². The van der Waals surface area contributed by atoms with E-state index >= 15 is 0 Å². The summed E-state index contributed by atoms with van der Waals surface area (Å²) in [5, 5.41) is 11.1. The summed E-state index contributed by atoms with van der Waals surface area (Å²) in [6.45, 7) is 9.39. The zero-order chi connectivity index (χ0) is 18.3.